The first-order valence-corrected chi connectivity index (χ1v) is 10.1. The Morgan fingerprint density at radius 1 is 1.04 bits per heavy atom. The van der Waals surface area contributed by atoms with Crippen LogP contribution in [0.3, 0.4) is 0 Å². The van der Waals surface area contributed by atoms with Gasteiger partial charge in [0, 0.05) is 25.4 Å². The van der Waals surface area contributed by atoms with E-state index >= 15 is 0 Å². The minimum atomic E-state index is 0.376. The lowest BCUT2D eigenvalue weighted by Crippen LogP contribution is -2.08. The van der Waals surface area contributed by atoms with Crippen molar-refractivity contribution in [2.24, 2.45) is 0 Å². The van der Waals surface area contributed by atoms with Gasteiger partial charge in [-0.2, -0.15) is 0 Å². The molecule has 1 aromatic carbocycles. The van der Waals surface area contributed by atoms with Crippen LogP contribution in [0, 0.1) is 0 Å². The number of ether oxygens (including phenoxy) is 3. The second-order valence-electron chi connectivity index (χ2n) is 6.64. The summed E-state index contributed by atoms with van der Waals surface area (Å²) in [4.78, 5) is 4.46. The smallest absolute Gasteiger partial charge is 0.171 e. The van der Waals surface area contributed by atoms with Crippen LogP contribution in [0.4, 0.5) is 0 Å². The average molecular weight is 403 g/mol. The number of fused-ring (bicyclic) bond motifs is 1. The summed E-state index contributed by atoms with van der Waals surface area (Å²) >= 11 is 6.29. The van der Waals surface area contributed by atoms with E-state index in [2.05, 4.69) is 28.6 Å². The van der Waals surface area contributed by atoms with Gasteiger partial charge in [0.2, 0.25) is 0 Å². The van der Waals surface area contributed by atoms with Crippen molar-refractivity contribution in [2.75, 3.05) is 26.9 Å². The van der Waals surface area contributed by atoms with Crippen LogP contribution < -0.4 is 9.47 Å². The summed E-state index contributed by atoms with van der Waals surface area (Å²) in [6.45, 7) is 4.69. The maximum absolute atomic E-state index is 6.29. The van der Waals surface area contributed by atoms with Gasteiger partial charge in [0.15, 0.2) is 10.9 Å². The van der Waals surface area contributed by atoms with Gasteiger partial charge in [-0.05, 0) is 30.2 Å². The highest BCUT2D eigenvalue weighted by Gasteiger charge is 2.10. The molecule has 0 atom stereocenters. The number of halogens is 1. The van der Waals surface area contributed by atoms with Crippen LogP contribution in [0.2, 0.25) is 5.15 Å². The molecule has 0 saturated heterocycles. The quantitative estimate of drug-likeness (QED) is 0.321. The first kappa shape index (κ1) is 20.5. The topological polar surface area (TPSA) is 45.5 Å². The zero-order chi connectivity index (χ0) is 19.8. The molecule has 5 nitrogen and oxygen atoms in total. The summed E-state index contributed by atoms with van der Waals surface area (Å²) in [5.74, 6) is 1.43. The van der Waals surface area contributed by atoms with Crippen LogP contribution in [0.1, 0.15) is 31.7 Å². The van der Waals surface area contributed by atoms with Gasteiger partial charge >= 0.3 is 0 Å². The highest BCUT2D eigenvalue weighted by molar-refractivity contribution is 6.31. The van der Waals surface area contributed by atoms with Crippen LogP contribution in [-0.2, 0) is 11.3 Å². The molecule has 0 aliphatic rings. The first-order valence-electron chi connectivity index (χ1n) is 9.70. The van der Waals surface area contributed by atoms with E-state index in [0.717, 1.165) is 36.4 Å². The predicted octanol–water partition coefficient (Wildman–Crippen LogP) is 5.33. The molecule has 2 heterocycles. The lowest BCUT2D eigenvalue weighted by atomic mass is 10.2. The summed E-state index contributed by atoms with van der Waals surface area (Å²) in [5, 5.41) is 0.376. The number of unbranched alkanes of at least 4 members (excludes halogenated alkanes) is 2. The summed E-state index contributed by atoms with van der Waals surface area (Å²) in [5.41, 5.74) is 3.01. The minimum Gasteiger partial charge on any atom is -0.497 e. The van der Waals surface area contributed by atoms with Gasteiger partial charge in [-0.1, -0.05) is 43.5 Å². The number of nitrogens with zero attached hydrogens (tertiary/aromatic N) is 2. The van der Waals surface area contributed by atoms with Crippen molar-refractivity contribution in [3.63, 3.8) is 0 Å². The molecular formula is C22H27ClN2O3. The zero-order valence-electron chi connectivity index (χ0n) is 16.5. The molecule has 150 valence electrons. The molecule has 6 heteroatoms. The van der Waals surface area contributed by atoms with Gasteiger partial charge in [0.1, 0.15) is 12.4 Å². The van der Waals surface area contributed by atoms with Crippen molar-refractivity contribution in [3.05, 3.63) is 53.3 Å². The summed E-state index contributed by atoms with van der Waals surface area (Å²) in [6.07, 6.45) is 5.48. The van der Waals surface area contributed by atoms with E-state index in [1.165, 1.54) is 18.4 Å². The van der Waals surface area contributed by atoms with Crippen LogP contribution in [0.5, 0.6) is 11.5 Å². The number of rotatable bonds is 11. The molecule has 0 aliphatic carbocycles. The maximum atomic E-state index is 6.29. The third-order valence-corrected chi connectivity index (χ3v) is 4.83. The monoisotopic (exact) mass is 402 g/mol. The molecular weight excluding hydrogens is 376 g/mol. The molecule has 0 fully saturated rings. The molecule has 2 aromatic heterocycles. The van der Waals surface area contributed by atoms with Gasteiger partial charge in [0.25, 0.3) is 0 Å². The fourth-order valence-corrected chi connectivity index (χ4v) is 3.20. The van der Waals surface area contributed by atoms with E-state index in [1.54, 1.807) is 7.11 Å². The second kappa shape index (κ2) is 10.3. The molecule has 3 aromatic rings. The Labute approximate surface area is 171 Å². The number of hydrogen-bond donors (Lipinski definition) is 0. The van der Waals surface area contributed by atoms with Gasteiger partial charge in [-0.3, -0.25) is 0 Å². The van der Waals surface area contributed by atoms with Crippen LogP contribution >= 0.6 is 11.6 Å². The van der Waals surface area contributed by atoms with Crippen molar-refractivity contribution in [1.29, 1.82) is 0 Å². The Morgan fingerprint density at radius 2 is 1.86 bits per heavy atom. The molecule has 3 rings (SSSR count). The van der Waals surface area contributed by atoms with Crippen LogP contribution in [0.25, 0.3) is 11.0 Å². The first-order chi connectivity index (χ1) is 13.7. The van der Waals surface area contributed by atoms with E-state index in [-0.39, 0.29) is 0 Å². The fraction of sp³-hybridized carbons (Fsp3) is 0.409. The van der Waals surface area contributed by atoms with Crippen molar-refractivity contribution in [1.82, 2.24) is 9.55 Å². The van der Waals surface area contributed by atoms with E-state index in [9.17, 15) is 0 Å². The van der Waals surface area contributed by atoms with Gasteiger partial charge in [0.05, 0.1) is 24.8 Å². The molecule has 28 heavy (non-hydrogen) atoms. The van der Waals surface area contributed by atoms with Gasteiger partial charge in [-0.25, -0.2) is 4.98 Å². The Kier molecular flexibility index (Phi) is 7.57. The Balaban J connectivity index is 1.64. The third-order valence-electron chi connectivity index (χ3n) is 4.56. The van der Waals surface area contributed by atoms with E-state index in [4.69, 9.17) is 25.8 Å². The van der Waals surface area contributed by atoms with Crippen molar-refractivity contribution < 1.29 is 14.2 Å². The minimum absolute atomic E-state index is 0.376. The third kappa shape index (κ3) is 5.40. The standard InChI is InChI=1S/C22H27ClN2O3/c1-3-4-5-12-27-13-14-28-21-15-20-19(24-22(21)23)10-11-25(20)16-17-6-8-18(26-2)9-7-17/h6-11,15H,3-5,12-14,16H2,1-2H3. The maximum Gasteiger partial charge on any atom is 0.171 e. The van der Waals surface area contributed by atoms with Crippen LogP contribution in [0.15, 0.2) is 42.6 Å². The number of methoxy groups -OCH3 is 1. The van der Waals surface area contributed by atoms with Crippen molar-refractivity contribution >= 4 is 22.6 Å². The van der Waals surface area contributed by atoms with Crippen LogP contribution in [-0.4, -0.2) is 36.5 Å². The Bertz CT molecular complexity index is 877. The van der Waals surface area contributed by atoms with Crippen molar-refractivity contribution in [3.8, 4) is 11.5 Å². The molecule has 0 saturated carbocycles. The molecule has 0 N–H and O–H groups in total. The van der Waals surface area contributed by atoms with E-state index < -0.39 is 0 Å². The number of benzene rings is 1. The number of pyridine rings is 1. The highest BCUT2D eigenvalue weighted by atomic mass is 35.5. The molecule has 0 spiro atoms. The largest absolute Gasteiger partial charge is 0.497 e. The molecule has 0 aliphatic heterocycles. The lowest BCUT2D eigenvalue weighted by molar-refractivity contribution is 0.0973. The molecule has 0 amide bonds. The predicted molar refractivity (Wildman–Crippen MR) is 113 cm³/mol. The Hall–Kier alpha value is -2.24. The van der Waals surface area contributed by atoms with Crippen molar-refractivity contribution in [2.45, 2.75) is 32.7 Å². The Morgan fingerprint density at radius 3 is 2.61 bits per heavy atom. The fourth-order valence-electron chi connectivity index (χ4n) is 3.00. The zero-order valence-corrected chi connectivity index (χ0v) is 17.2. The number of hydrogen-bond acceptors (Lipinski definition) is 4. The molecule has 0 unspecified atom stereocenters. The lowest BCUT2D eigenvalue weighted by Gasteiger charge is -2.10. The van der Waals surface area contributed by atoms with Gasteiger partial charge in [-0.15, -0.1) is 0 Å². The molecule has 0 radical (unpaired) electrons. The average Bonchev–Trinajstić information content (AvgIpc) is 3.09. The second-order valence-corrected chi connectivity index (χ2v) is 7.00. The molecule has 0 bridgehead atoms. The summed E-state index contributed by atoms with van der Waals surface area (Å²) in [6, 6.07) is 12.0. The van der Waals surface area contributed by atoms with Gasteiger partial charge < -0.3 is 18.8 Å². The highest BCUT2D eigenvalue weighted by Crippen LogP contribution is 2.28. The van der Waals surface area contributed by atoms with E-state index in [0.29, 0.717) is 24.1 Å². The SMILES string of the molecule is CCCCCOCCOc1cc2c(ccn2Cc2ccc(OC)cc2)nc1Cl. The summed E-state index contributed by atoms with van der Waals surface area (Å²) in [7, 11) is 1.67. The summed E-state index contributed by atoms with van der Waals surface area (Å²) < 4.78 is 18.7. The normalized spacial score (nSPS) is 11.1. The number of aromatic nitrogens is 2. The van der Waals surface area contributed by atoms with E-state index in [1.807, 2.05) is 30.5 Å².